The average Bonchev–Trinajstić information content (AvgIpc) is 2.28. The fourth-order valence-corrected chi connectivity index (χ4v) is 1.91. The Hall–Kier alpha value is -2.07. The van der Waals surface area contributed by atoms with Crippen molar-refractivity contribution in [2.24, 2.45) is 0 Å². The maximum atomic E-state index is 11.6. The second kappa shape index (κ2) is 4.07. The molecule has 0 aliphatic heterocycles. The molecule has 5 heteroatoms. The molecule has 1 aromatic heterocycles. The second-order valence-corrected chi connectivity index (χ2v) is 3.62. The molecule has 86 valence electrons. The Morgan fingerprint density at radius 2 is 1.59 bits per heavy atom. The normalized spacial score (nSPS) is 10.4. The van der Waals surface area contributed by atoms with Crippen LogP contribution in [0.5, 0.6) is 0 Å². The minimum absolute atomic E-state index is 0. The summed E-state index contributed by atoms with van der Waals surface area (Å²) in [5, 5.41) is 2.37. The van der Waals surface area contributed by atoms with Gasteiger partial charge in [0.05, 0.1) is 10.9 Å². The van der Waals surface area contributed by atoms with E-state index >= 15 is 0 Å². The van der Waals surface area contributed by atoms with Gasteiger partial charge < -0.3 is 4.98 Å². The van der Waals surface area contributed by atoms with Gasteiger partial charge in [-0.3, -0.25) is 9.78 Å². The molecule has 1 heterocycles. The number of benzene rings is 2. The summed E-state index contributed by atoms with van der Waals surface area (Å²) >= 11 is 0. The number of nitrogens with one attached hydrogen (secondary N) is 2. The van der Waals surface area contributed by atoms with Crippen LogP contribution < -0.4 is 11.2 Å². The summed E-state index contributed by atoms with van der Waals surface area (Å²) in [5.74, 6) is 0. The van der Waals surface area contributed by atoms with E-state index in [1.54, 1.807) is 6.07 Å². The van der Waals surface area contributed by atoms with Crippen molar-refractivity contribution in [3.8, 4) is 0 Å². The number of rotatable bonds is 0. The van der Waals surface area contributed by atoms with Crippen LogP contribution in [0, 0.1) is 0 Å². The number of hydrogen-bond donors (Lipinski definition) is 2. The third-order valence-electron chi connectivity index (χ3n) is 2.64. The van der Waals surface area contributed by atoms with Crippen molar-refractivity contribution < 1.29 is 0 Å². The number of halogens is 1. The summed E-state index contributed by atoms with van der Waals surface area (Å²) < 4.78 is 0. The standard InChI is InChI=1S/C12H8N2O2.ClH/c15-11-9-6-5-7-3-1-2-4-8(7)10(9)13-12(16)14-11;/h1-6H,(H2,13,14,15,16);1H. The molecule has 0 unspecified atom stereocenters. The van der Waals surface area contributed by atoms with Crippen LogP contribution in [0.15, 0.2) is 46.0 Å². The first-order chi connectivity index (χ1) is 7.75. The van der Waals surface area contributed by atoms with E-state index in [1.807, 2.05) is 30.3 Å². The van der Waals surface area contributed by atoms with Crippen molar-refractivity contribution in [2.75, 3.05) is 0 Å². The van der Waals surface area contributed by atoms with Crippen LogP contribution in [0.2, 0.25) is 0 Å². The predicted molar refractivity (Wildman–Crippen MR) is 69.9 cm³/mol. The summed E-state index contributed by atoms with van der Waals surface area (Å²) in [7, 11) is 0. The molecule has 2 N–H and O–H groups in total. The van der Waals surface area contributed by atoms with Gasteiger partial charge in [0, 0.05) is 5.39 Å². The number of aromatic amines is 2. The third-order valence-corrected chi connectivity index (χ3v) is 2.64. The lowest BCUT2D eigenvalue weighted by molar-refractivity contribution is 1.08. The number of hydrogen-bond acceptors (Lipinski definition) is 2. The molecule has 0 saturated carbocycles. The lowest BCUT2D eigenvalue weighted by atomic mass is 10.1. The smallest absolute Gasteiger partial charge is 0.306 e. The molecule has 0 spiro atoms. The molecular weight excluding hydrogens is 240 g/mol. The second-order valence-electron chi connectivity index (χ2n) is 3.62. The van der Waals surface area contributed by atoms with Gasteiger partial charge in [-0.25, -0.2) is 4.79 Å². The topological polar surface area (TPSA) is 65.7 Å². The number of fused-ring (bicyclic) bond motifs is 3. The molecule has 0 atom stereocenters. The van der Waals surface area contributed by atoms with E-state index < -0.39 is 5.69 Å². The molecule has 0 aliphatic rings. The maximum absolute atomic E-state index is 11.6. The summed E-state index contributed by atoms with van der Waals surface area (Å²) in [6.07, 6.45) is 0. The Labute approximate surface area is 102 Å². The lowest BCUT2D eigenvalue weighted by Crippen LogP contribution is -2.21. The van der Waals surface area contributed by atoms with Crippen molar-refractivity contribution in [2.45, 2.75) is 0 Å². The highest BCUT2D eigenvalue weighted by Gasteiger charge is 2.03. The van der Waals surface area contributed by atoms with E-state index in [1.165, 1.54) is 0 Å². The van der Waals surface area contributed by atoms with Gasteiger partial charge in [0.15, 0.2) is 0 Å². The Morgan fingerprint density at radius 1 is 0.824 bits per heavy atom. The van der Waals surface area contributed by atoms with Gasteiger partial charge in [-0.05, 0) is 11.5 Å². The summed E-state index contributed by atoms with van der Waals surface area (Å²) in [6.45, 7) is 0. The highest BCUT2D eigenvalue weighted by Crippen LogP contribution is 2.19. The van der Waals surface area contributed by atoms with Crippen LogP contribution in [-0.2, 0) is 0 Å². The highest BCUT2D eigenvalue weighted by molar-refractivity contribution is 6.04. The van der Waals surface area contributed by atoms with Crippen LogP contribution in [0.25, 0.3) is 21.7 Å². The van der Waals surface area contributed by atoms with E-state index in [0.29, 0.717) is 10.9 Å². The van der Waals surface area contributed by atoms with Crippen molar-refractivity contribution in [3.63, 3.8) is 0 Å². The summed E-state index contributed by atoms with van der Waals surface area (Å²) in [5.41, 5.74) is -0.245. The average molecular weight is 249 g/mol. The Bertz CT molecular complexity index is 805. The SMILES string of the molecule is Cl.O=c1[nH]c(=O)c2ccc3ccccc3c2[nH]1. The van der Waals surface area contributed by atoms with Crippen LogP contribution in [-0.4, -0.2) is 9.97 Å². The molecule has 0 aliphatic carbocycles. The fraction of sp³-hybridized carbons (Fsp3) is 0. The first kappa shape index (κ1) is 11.4. The fourth-order valence-electron chi connectivity index (χ4n) is 1.91. The van der Waals surface area contributed by atoms with E-state index in [2.05, 4.69) is 9.97 Å². The Kier molecular flexibility index (Phi) is 2.73. The molecule has 3 rings (SSSR count). The van der Waals surface area contributed by atoms with Crippen molar-refractivity contribution in [1.82, 2.24) is 9.97 Å². The van der Waals surface area contributed by atoms with Gasteiger partial charge >= 0.3 is 5.69 Å². The highest BCUT2D eigenvalue weighted by atomic mass is 35.5. The van der Waals surface area contributed by atoms with E-state index in [4.69, 9.17) is 0 Å². The Balaban J connectivity index is 0.00000108. The van der Waals surface area contributed by atoms with E-state index in [-0.39, 0.29) is 18.0 Å². The molecule has 0 bridgehead atoms. The lowest BCUT2D eigenvalue weighted by Gasteiger charge is -2.01. The zero-order valence-electron chi connectivity index (χ0n) is 8.69. The largest absolute Gasteiger partial charge is 0.326 e. The monoisotopic (exact) mass is 248 g/mol. The predicted octanol–water partition coefficient (Wildman–Crippen LogP) is 1.79. The zero-order valence-corrected chi connectivity index (χ0v) is 9.51. The first-order valence-electron chi connectivity index (χ1n) is 4.90. The van der Waals surface area contributed by atoms with Gasteiger partial charge in [0.25, 0.3) is 5.56 Å². The van der Waals surface area contributed by atoms with Crippen LogP contribution in [0.1, 0.15) is 0 Å². The molecule has 4 nitrogen and oxygen atoms in total. The minimum atomic E-state index is -0.478. The quantitative estimate of drug-likeness (QED) is 0.596. The molecule has 3 aromatic rings. The van der Waals surface area contributed by atoms with Gasteiger partial charge in [0.2, 0.25) is 0 Å². The van der Waals surface area contributed by atoms with Crippen LogP contribution in [0.3, 0.4) is 0 Å². The maximum Gasteiger partial charge on any atom is 0.326 e. The number of H-pyrrole nitrogens is 2. The van der Waals surface area contributed by atoms with E-state index in [0.717, 1.165) is 10.8 Å². The molecule has 0 saturated heterocycles. The first-order valence-corrected chi connectivity index (χ1v) is 4.90. The van der Waals surface area contributed by atoms with Gasteiger partial charge in [0.1, 0.15) is 0 Å². The molecule has 0 radical (unpaired) electrons. The van der Waals surface area contributed by atoms with Gasteiger partial charge in [-0.15, -0.1) is 12.4 Å². The minimum Gasteiger partial charge on any atom is -0.306 e. The van der Waals surface area contributed by atoms with E-state index in [9.17, 15) is 9.59 Å². The Morgan fingerprint density at radius 3 is 2.41 bits per heavy atom. The van der Waals surface area contributed by atoms with Crippen molar-refractivity contribution in [3.05, 3.63) is 57.2 Å². The molecule has 17 heavy (non-hydrogen) atoms. The van der Waals surface area contributed by atoms with Crippen LogP contribution >= 0.6 is 12.4 Å². The van der Waals surface area contributed by atoms with Crippen molar-refractivity contribution >= 4 is 34.1 Å². The molecule has 0 amide bonds. The van der Waals surface area contributed by atoms with Gasteiger partial charge in [-0.1, -0.05) is 30.3 Å². The molecular formula is C12H9ClN2O2. The third kappa shape index (κ3) is 1.72. The zero-order chi connectivity index (χ0) is 11.1. The van der Waals surface area contributed by atoms with Crippen LogP contribution in [0.4, 0.5) is 0 Å². The number of aromatic nitrogens is 2. The molecule has 2 aromatic carbocycles. The summed E-state index contributed by atoms with van der Waals surface area (Å²) in [4.78, 5) is 27.7. The van der Waals surface area contributed by atoms with Gasteiger partial charge in [-0.2, -0.15) is 0 Å². The summed E-state index contributed by atoms with van der Waals surface area (Å²) in [6, 6.07) is 11.2. The molecule has 0 fully saturated rings. The van der Waals surface area contributed by atoms with Crippen molar-refractivity contribution in [1.29, 1.82) is 0 Å².